The van der Waals surface area contributed by atoms with Crippen LogP contribution in [-0.2, 0) is 11.2 Å². The first-order chi connectivity index (χ1) is 9.74. The van der Waals surface area contributed by atoms with E-state index in [0.717, 1.165) is 18.5 Å². The summed E-state index contributed by atoms with van der Waals surface area (Å²) >= 11 is 0. The molecule has 0 radical (unpaired) electrons. The van der Waals surface area contributed by atoms with Crippen LogP contribution in [0.3, 0.4) is 0 Å². The molecule has 2 aromatic heterocycles. The van der Waals surface area contributed by atoms with Crippen molar-refractivity contribution in [2.75, 3.05) is 20.3 Å². The van der Waals surface area contributed by atoms with E-state index >= 15 is 0 Å². The molecule has 0 fully saturated rings. The Kier molecular flexibility index (Phi) is 5.31. The summed E-state index contributed by atoms with van der Waals surface area (Å²) in [6.07, 6.45) is 3.33. The summed E-state index contributed by atoms with van der Waals surface area (Å²) in [5.41, 5.74) is 0.995. The molecular weight excluding hydrogens is 258 g/mol. The topological polar surface area (TPSA) is 73.3 Å². The Balaban J connectivity index is 2.02. The van der Waals surface area contributed by atoms with Crippen LogP contribution in [-0.4, -0.2) is 36.4 Å². The predicted molar refractivity (Wildman–Crippen MR) is 74.4 cm³/mol. The summed E-state index contributed by atoms with van der Waals surface area (Å²) in [6, 6.07) is 2.05. The molecule has 0 aliphatic carbocycles. The molecule has 0 amide bonds. The van der Waals surface area contributed by atoms with Crippen LogP contribution in [0.15, 0.2) is 21.3 Å². The summed E-state index contributed by atoms with van der Waals surface area (Å²) in [6.45, 7) is 5.62. The van der Waals surface area contributed by atoms with Crippen molar-refractivity contribution in [3.63, 3.8) is 0 Å². The van der Waals surface area contributed by atoms with E-state index < -0.39 is 0 Å². The third-order valence-corrected chi connectivity index (χ3v) is 3.01. The molecule has 2 aromatic rings. The van der Waals surface area contributed by atoms with Gasteiger partial charge in [0.05, 0.1) is 12.9 Å². The van der Waals surface area contributed by atoms with Crippen LogP contribution >= 0.6 is 0 Å². The Morgan fingerprint density at radius 3 is 2.95 bits per heavy atom. The van der Waals surface area contributed by atoms with Crippen LogP contribution in [0.2, 0.25) is 0 Å². The molecule has 0 aliphatic heterocycles. The van der Waals surface area contributed by atoms with Gasteiger partial charge in [-0.1, -0.05) is 12.1 Å². The molecule has 6 heteroatoms. The smallest absolute Gasteiger partial charge is 0.238 e. The minimum absolute atomic E-state index is 0.172. The van der Waals surface area contributed by atoms with E-state index in [2.05, 4.69) is 22.4 Å². The van der Waals surface area contributed by atoms with Crippen molar-refractivity contribution in [1.29, 1.82) is 0 Å². The molecule has 110 valence electrons. The number of nitrogens with zero attached hydrogens (tertiary/aromatic N) is 2. The summed E-state index contributed by atoms with van der Waals surface area (Å²) in [4.78, 5) is 4.38. The number of hydrogen-bond acceptors (Lipinski definition) is 6. The van der Waals surface area contributed by atoms with Crippen molar-refractivity contribution in [3.8, 4) is 11.6 Å². The summed E-state index contributed by atoms with van der Waals surface area (Å²) in [5, 5.41) is 7.36. The Morgan fingerprint density at radius 2 is 2.30 bits per heavy atom. The zero-order valence-electron chi connectivity index (χ0n) is 12.2. The molecule has 1 atom stereocenters. The number of nitrogens with one attached hydrogen (secondary N) is 1. The van der Waals surface area contributed by atoms with Crippen molar-refractivity contribution >= 4 is 0 Å². The standard InChI is InChI=1S/C14H21N3O3/c1-4-6-15-11(9-18-3)8-12-16-14(17-20-12)13-10(2)5-7-19-13/h5,7,11,15H,4,6,8-9H2,1-3H3. The molecule has 2 heterocycles. The molecule has 0 saturated carbocycles. The van der Waals surface area contributed by atoms with Gasteiger partial charge in [0, 0.05) is 19.6 Å². The summed E-state index contributed by atoms with van der Waals surface area (Å²) in [5.74, 6) is 1.74. The first-order valence-corrected chi connectivity index (χ1v) is 6.84. The van der Waals surface area contributed by atoms with E-state index in [-0.39, 0.29) is 6.04 Å². The van der Waals surface area contributed by atoms with Gasteiger partial charge in [-0.05, 0) is 31.5 Å². The van der Waals surface area contributed by atoms with E-state index in [0.29, 0.717) is 30.5 Å². The number of aromatic nitrogens is 2. The van der Waals surface area contributed by atoms with Gasteiger partial charge in [-0.25, -0.2) is 0 Å². The molecule has 0 spiro atoms. The summed E-state index contributed by atoms with van der Waals surface area (Å²) < 4.78 is 15.8. The molecule has 0 aromatic carbocycles. The van der Waals surface area contributed by atoms with Gasteiger partial charge in [0.1, 0.15) is 0 Å². The maximum Gasteiger partial charge on any atom is 0.238 e. The number of aryl methyl sites for hydroxylation is 1. The van der Waals surface area contributed by atoms with Gasteiger partial charge >= 0.3 is 0 Å². The number of rotatable bonds is 8. The Hall–Kier alpha value is -1.66. The van der Waals surface area contributed by atoms with E-state index in [9.17, 15) is 0 Å². The molecule has 6 nitrogen and oxygen atoms in total. The fourth-order valence-electron chi connectivity index (χ4n) is 1.98. The zero-order valence-corrected chi connectivity index (χ0v) is 12.2. The third kappa shape index (κ3) is 3.68. The molecular formula is C14H21N3O3. The Morgan fingerprint density at radius 1 is 1.45 bits per heavy atom. The van der Waals surface area contributed by atoms with Crippen molar-refractivity contribution < 1.29 is 13.7 Å². The predicted octanol–water partition coefficient (Wildman–Crippen LogP) is 2.20. The Bertz CT molecular complexity index is 521. The number of hydrogen-bond donors (Lipinski definition) is 1. The van der Waals surface area contributed by atoms with Gasteiger partial charge in [-0.3, -0.25) is 0 Å². The fourth-order valence-corrected chi connectivity index (χ4v) is 1.98. The van der Waals surface area contributed by atoms with Crippen LogP contribution in [0.25, 0.3) is 11.6 Å². The van der Waals surface area contributed by atoms with E-state index in [4.69, 9.17) is 13.7 Å². The van der Waals surface area contributed by atoms with Gasteiger partial charge in [0.15, 0.2) is 5.76 Å². The lowest BCUT2D eigenvalue weighted by atomic mass is 10.2. The highest BCUT2D eigenvalue weighted by Gasteiger charge is 2.17. The highest BCUT2D eigenvalue weighted by molar-refractivity contribution is 5.50. The third-order valence-electron chi connectivity index (χ3n) is 3.01. The van der Waals surface area contributed by atoms with Crippen LogP contribution in [0.1, 0.15) is 24.8 Å². The highest BCUT2D eigenvalue weighted by Crippen LogP contribution is 2.21. The van der Waals surface area contributed by atoms with E-state index in [1.54, 1.807) is 13.4 Å². The largest absolute Gasteiger partial charge is 0.461 e. The molecule has 0 aliphatic rings. The minimum atomic E-state index is 0.172. The maximum atomic E-state index is 5.36. The average molecular weight is 279 g/mol. The molecule has 1 unspecified atom stereocenters. The molecule has 0 saturated heterocycles. The minimum Gasteiger partial charge on any atom is -0.461 e. The fraction of sp³-hybridized carbons (Fsp3) is 0.571. The molecule has 2 rings (SSSR count). The first kappa shape index (κ1) is 14.7. The first-order valence-electron chi connectivity index (χ1n) is 6.84. The van der Waals surface area contributed by atoms with E-state index in [1.165, 1.54) is 0 Å². The van der Waals surface area contributed by atoms with Crippen molar-refractivity contribution in [3.05, 3.63) is 23.8 Å². The molecule has 1 N–H and O–H groups in total. The van der Waals surface area contributed by atoms with Crippen LogP contribution in [0.5, 0.6) is 0 Å². The van der Waals surface area contributed by atoms with Gasteiger partial charge in [0.2, 0.25) is 11.7 Å². The lowest BCUT2D eigenvalue weighted by molar-refractivity contribution is 0.161. The SMILES string of the molecule is CCCNC(COC)Cc1nc(-c2occc2C)no1. The normalized spacial score (nSPS) is 12.8. The monoisotopic (exact) mass is 279 g/mol. The van der Waals surface area contributed by atoms with Gasteiger partial charge in [0.25, 0.3) is 0 Å². The van der Waals surface area contributed by atoms with E-state index in [1.807, 2.05) is 13.0 Å². The van der Waals surface area contributed by atoms with Crippen LogP contribution in [0, 0.1) is 6.92 Å². The summed E-state index contributed by atoms with van der Waals surface area (Å²) in [7, 11) is 1.69. The zero-order chi connectivity index (χ0) is 14.4. The van der Waals surface area contributed by atoms with Gasteiger partial charge < -0.3 is 19.0 Å². The van der Waals surface area contributed by atoms with Crippen LogP contribution < -0.4 is 5.32 Å². The Labute approximate surface area is 118 Å². The second-order valence-corrected chi connectivity index (χ2v) is 4.75. The van der Waals surface area contributed by atoms with Crippen LogP contribution in [0.4, 0.5) is 0 Å². The molecule has 20 heavy (non-hydrogen) atoms. The maximum absolute atomic E-state index is 5.36. The van der Waals surface area contributed by atoms with Crippen molar-refractivity contribution in [1.82, 2.24) is 15.5 Å². The number of ether oxygens (including phenoxy) is 1. The quantitative estimate of drug-likeness (QED) is 0.798. The lowest BCUT2D eigenvalue weighted by Crippen LogP contribution is -2.35. The average Bonchev–Trinajstić information content (AvgIpc) is 3.05. The van der Waals surface area contributed by atoms with Gasteiger partial charge in [-0.2, -0.15) is 4.98 Å². The number of furan rings is 1. The van der Waals surface area contributed by atoms with Gasteiger partial charge in [-0.15, -0.1) is 0 Å². The second-order valence-electron chi connectivity index (χ2n) is 4.75. The lowest BCUT2D eigenvalue weighted by Gasteiger charge is -2.15. The highest BCUT2D eigenvalue weighted by atomic mass is 16.5. The van der Waals surface area contributed by atoms with Crippen molar-refractivity contribution in [2.24, 2.45) is 0 Å². The molecule has 0 bridgehead atoms. The number of methoxy groups -OCH3 is 1. The van der Waals surface area contributed by atoms with Crippen molar-refractivity contribution in [2.45, 2.75) is 32.7 Å². The second kappa shape index (κ2) is 7.21.